The molecule has 2 nitrogen and oxygen atoms in total. The lowest BCUT2D eigenvalue weighted by Crippen LogP contribution is -1.72. The molecule has 37 valence electrons. The number of furan rings is 1. The second kappa shape index (κ2) is 1.80. The van der Waals surface area contributed by atoms with Gasteiger partial charge in [-0.25, -0.2) is 0 Å². The van der Waals surface area contributed by atoms with Crippen molar-refractivity contribution < 1.29 is 9.52 Å². The minimum Gasteiger partial charge on any atom is -0.466 e. The number of hydrogen-bond donors (Lipinski definition) is 1. The average Bonchev–Trinajstić information content (AvgIpc) is 2.14. The molecule has 0 saturated carbocycles. The van der Waals surface area contributed by atoms with Gasteiger partial charge >= 0.3 is 0 Å². The highest BCUT2D eigenvalue weighted by Gasteiger charge is 1.86. The maximum Gasteiger partial charge on any atom is 0.129 e. The van der Waals surface area contributed by atoms with Crippen LogP contribution in [0.25, 0.3) is 0 Å². The van der Waals surface area contributed by atoms with Crippen LogP contribution < -0.4 is 0 Å². The lowest BCUT2D eigenvalue weighted by molar-refractivity contribution is 0.247. The summed E-state index contributed by atoms with van der Waals surface area (Å²) in [6.45, 7) is -0.0382. The zero-order valence-electron chi connectivity index (χ0n) is 3.72. The first-order chi connectivity index (χ1) is 3.43. The van der Waals surface area contributed by atoms with Gasteiger partial charge in [-0.2, -0.15) is 0 Å². The zero-order chi connectivity index (χ0) is 5.11. The molecule has 1 aromatic rings. The van der Waals surface area contributed by atoms with Crippen molar-refractivity contribution in [2.75, 3.05) is 0 Å². The van der Waals surface area contributed by atoms with Gasteiger partial charge in [0.1, 0.15) is 12.4 Å². The van der Waals surface area contributed by atoms with Crippen molar-refractivity contribution in [3.8, 4) is 0 Å². The van der Waals surface area contributed by atoms with E-state index in [9.17, 15) is 0 Å². The lowest BCUT2D eigenvalue weighted by Gasteiger charge is -1.79. The first-order valence-electron chi connectivity index (χ1n) is 1.98. The van der Waals surface area contributed by atoms with Gasteiger partial charge in [0.15, 0.2) is 0 Å². The molecule has 2 heteroatoms. The SMILES string of the molecule is OCc1c[c]co1. The maximum absolute atomic E-state index is 8.31. The summed E-state index contributed by atoms with van der Waals surface area (Å²) in [5.74, 6) is 0.556. The van der Waals surface area contributed by atoms with Crippen LogP contribution in [-0.2, 0) is 6.61 Å². The molecule has 1 aromatic heterocycles. The Kier molecular flexibility index (Phi) is 1.13. The molecule has 0 saturated heterocycles. The molecular weight excluding hydrogens is 92.1 g/mol. The fourth-order valence-corrected chi connectivity index (χ4v) is 0.354. The molecule has 0 amide bonds. The minimum atomic E-state index is -0.0382. The quantitative estimate of drug-likeness (QED) is 0.555. The predicted octanol–water partition coefficient (Wildman–Crippen LogP) is 0.572. The Labute approximate surface area is 41.4 Å². The van der Waals surface area contributed by atoms with Crippen molar-refractivity contribution in [2.24, 2.45) is 0 Å². The Morgan fingerprint density at radius 2 is 2.71 bits per heavy atom. The third-order valence-corrected chi connectivity index (χ3v) is 0.678. The number of rotatable bonds is 1. The van der Waals surface area contributed by atoms with Gasteiger partial charge in [0.25, 0.3) is 0 Å². The third kappa shape index (κ3) is 0.810. The molecule has 1 N–H and O–H groups in total. The molecule has 1 radical (unpaired) electrons. The highest BCUT2D eigenvalue weighted by molar-refractivity contribution is 4.93. The van der Waals surface area contributed by atoms with E-state index in [-0.39, 0.29) is 6.61 Å². The van der Waals surface area contributed by atoms with E-state index in [2.05, 4.69) is 10.5 Å². The molecule has 0 aromatic carbocycles. The Balaban J connectivity index is 2.76. The standard InChI is InChI=1S/C5H5O2/c6-4-5-2-1-3-7-5/h2-3,6H,4H2. The van der Waals surface area contributed by atoms with Gasteiger partial charge in [0, 0.05) is 6.07 Å². The summed E-state index contributed by atoms with van der Waals surface area (Å²) < 4.78 is 4.68. The molecule has 7 heavy (non-hydrogen) atoms. The van der Waals surface area contributed by atoms with Crippen molar-refractivity contribution in [3.63, 3.8) is 0 Å². The molecule has 0 aliphatic carbocycles. The van der Waals surface area contributed by atoms with Gasteiger partial charge in [-0.05, 0) is 6.07 Å². The first-order valence-corrected chi connectivity index (χ1v) is 1.98. The van der Waals surface area contributed by atoms with E-state index in [1.54, 1.807) is 6.07 Å². The average molecular weight is 97.1 g/mol. The maximum atomic E-state index is 8.31. The molecule has 0 fully saturated rings. The van der Waals surface area contributed by atoms with Gasteiger partial charge in [-0.15, -0.1) is 0 Å². The summed E-state index contributed by atoms with van der Waals surface area (Å²) in [6, 6.07) is 4.25. The van der Waals surface area contributed by atoms with E-state index in [1.165, 1.54) is 6.26 Å². The van der Waals surface area contributed by atoms with Crippen LogP contribution >= 0.6 is 0 Å². The van der Waals surface area contributed by atoms with Crippen LogP contribution in [-0.4, -0.2) is 5.11 Å². The second-order valence-corrected chi connectivity index (χ2v) is 1.17. The monoisotopic (exact) mass is 97.0 g/mol. The summed E-state index contributed by atoms with van der Waals surface area (Å²) in [4.78, 5) is 0. The predicted molar refractivity (Wildman–Crippen MR) is 23.5 cm³/mol. The van der Waals surface area contributed by atoms with Crippen LogP contribution in [0.3, 0.4) is 0 Å². The van der Waals surface area contributed by atoms with Gasteiger partial charge in [-0.3, -0.25) is 0 Å². The molecule has 0 aliphatic heterocycles. The Morgan fingerprint density at radius 3 is 3.00 bits per heavy atom. The molecule has 1 rings (SSSR count). The largest absolute Gasteiger partial charge is 0.466 e. The molecule has 0 atom stereocenters. The van der Waals surface area contributed by atoms with Crippen molar-refractivity contribution in [2.45, 2.75) is 6.61 Å². The summed E-state index contributed by atoms with van der Waals surface area (Å²) in [7, 11) is 0. The van der Waals surface area contributed by atoms with Crippen LogP contribution in [0.4, 0.5) is 0 Å². The van der Waals surface area contributed by atoms with Gasteiger partial charge in [-0.1, -0.05) is 0 Å². The Hall–Kier alpha value is -0.760. The molecule has 0 spiro atoms. The Bertz CT molecular complexity index is 121. The van der Waals surface area contributed by atoms with Gasteiger partial charge < -0.3 is 9.52 Å². The van der Waals surface area contributed by atoms with E-state index >= 15 is 0 Å². The van der Waals surface area contributed by atoms with E-state index < -0.39 is 0 Å². The van der Waals surface area contributed by atoms with E-state index in [1.807, 2.05) is 0 Å². The van der Waals surface area contributed by atoms with Gasteiger partial charge in [0.05, 0.1) is 6.26 Å². The number of aliphatic hydroxyl groups excluding tert-OH is 1. The fraction of sp³-hybridized carbons (Fsp3) is 0.200. The summed E-state index contributed by atoms with van der Waals surface area (Å²) in [6.07, 6.45) is 1.41. The van der Waals surface area contributed by atoms with Crippen molar-refractivity contribution in [1.82, 2.24) is 0 Å². The minimum absolute atomic E-state index is 0.0382. The third-order valence-electron chi connectivity index (χ3n) is 0.678. The van der Waals surface area contributed by atoms with Gasteiger partial charge in [0.2, 0.25) is 0 Å². The molecule has 0 bridgehead atoms. The van der Waals surface area contributed by atoms with Crippen LogP contribution in [0.15, 0.2) is 16.7 Å². The van der Waals surface area contributed by atoms with E-state index in [0.29, 0.717) is 5.76 Å². The highest BCUT2D eigenvalue weighted by Crippen LogP contribution is 1.95. The summed E-state index contributed by atoms with van der Waals surface area (Å²) in [5, 5.41) is 8.31. The van der Waals surface area contributed by atoms with E-state index in [4.69, 9.17) is 5.11 Å². The zero-order valence-corrected chi connectivity index (χ0v) is 3.72. The normalized spacial score (nSPS) is 9.29. The number of aliphatic hydroxyl groups is 1. The van der Waals surface area contributed by atoms with Crippen LogP contribution in [0.1, 0.15) is 5.76 Å². The second-order valence-electron chi connectivity index (χ2n) is 1.17. The lowest BCUT2D eigenvalue weighted by atomic mass is 10.5. The van der Waals surface area contributed by atoms with Crippen molar-refractivity contribution >= 4 is 0 Å². The van der Waals surface area contributed by atoms with E-state index in [0.717, 1.165) is 0 Å². The topological polar surface area (TPSA) is 33.4 Å². The summed E-state index contributed by atoms with van der Waals surface area (Å²) in [5.41, 5.74) is 0. The molecular formula is C5H5O2. The highest BCUT2D eigenvalue weighted by atomic mass is 16.4. The fourth-order valence-electron chi connectivity index (χ4n) is 0.354. The van der Waals surface area contributed by atoms with Crippen LogP contribution in [0.2, 0.25) is 0 Å². The smallest absolute Gasteiger partial charge is 0.129 e. The van der Waals surface area contributed by atoms with Crippen molar-refractivity contribution in [3.05, 3.63) is 24.2 Å². The van der Waals surface area contributed by atoms with Crippen molar-refractivity contribution in [1.29, 1.82) is 0 Å². The van der Waals surface area contributed by atoms with Crippen LogP contribution in [0.5, 0.6) is 0 Å². The summed E-state index contributed by atoms with van der Waals surface area (Å²) >= 11 is 0. The molecule has 0 aliphatic rings. The number of hydrogen-bond acceptors (Lipinski definition) is 2. The molecule has 0 unspecified atom stereocenters. The van der Waals surface area contributed by atoms with Crippen LogP contribution in [0, 0.1) is 6.07 Å². The Morgan fingerprint density at radius 1 is 1.86 bits per heavy atom. The first kappa shape index (κ1) is 4.40. The molecule has 1 heterocycles.